The molecule has 2 aromatic heterocycles. The van der Waals surface area contributed by atoms with Crippen molar-refractivity contribution >= 4 is 46.9 Å². The van der Waals surface area contributed by atoms with Crippen molar-refractivity contribution in [2.24, 2.45) is 0 Å². The van der Waals surface area contributed by atoms with Gasteiger partial charge >= 0.3 is 0 Å². The van der Waals surface area contributed by atoms with Gasteiger partial charge < -0.3 is 31.2 Å². The molecule has 1 unspecified atom stereocenters. The van der Waals surface area contributed by atoms with Crippen molar-refractivity contribution in [1.82, 2.24) is 40.0 Å². The van der Waals surface area contributed by atoms with E-state index in [-0.39, 0.29) is 36.1 Å². The van der Waals surface area contributed by atoms with Gasteiger partial charge in [-0.15, -0.1) is 0 Å². The average molecular weight is 663 g/mol. The lowest BCUT2D eigenvalue weighted by molar-refractivity contribution is -0.121. The molecule has 1 aliphatic rings. The Morgan fingerprint density at radius 3 is 2.51 bits per heavy atom. The quantitative estimate of drug-likeness (QED) is 0.117. The van der Waals surface area contributed by atoms with E-state index in [1.54, 1.807) is 42.3 Å². The number of imidazole rings is 1. The number of carbonyl (C=O) groups is 2. The van der Waals surface area contributed by atoms with Crippen LogP contribution in [0.5, 0.6) is 0 Å². The third-order valence-electron chi connectivity index (χ3n) is 8.08. The number of nitrogens with one attached hydrogen (secondary N) is 5. The summed E-state index contributed by atoms with van der Waals surface area (Å²) in [5.41, 5.74) is 4.40. The lowest BCUT2D eigenvalue weighted by Crippen LogP contribution is -2.45. The van der Waals surface area contributed by atoms with E-state index in [2.05, 4.69) is 57.2 Å². The molecule has 1 atom stereocenters. The Hall–Kier alpha value is -6.14. The van der Waals surface area contributed by atoms with Crippen LogP contribution >= 0.6 is 0 Å². The molecule has 1 saturated heterocycles. The van der Waals surface area contributed by atoms with Gasteiger partial charge in [0.25, 0.3) is 0 Å². The molecule has 14 nitrogen and oxygen atoms in total. The number of piperazine rings is 1. The fraction of sp³-hybridized carbons (Fsp3) is 0.265. The van der Waals surface area contributed by atoms with Crippen LogP contribution in [0.2, 0.25) is 0 Å². The highest BCUT2D eigenvalue weighted by Crippen LogP contribution is 2.21. The lowest BCUT2D eigenvalue weighted by atomic mass is 10.0. The van der Waals surface area contributed by atoms with E-state index < -0.39 is 6.04 Å². The lowest BCUT2D eigenvalue weighted by Gasteiger charge is -2.32. The van der Waals surface area contributed by atoms with Gasteiger partial charge in [0, 0.05) is 57.9 Å². The van der Waals surface area contributed by atoms with Gasteiger partial charge in [-0.3, -0.25) is 14.5 Å². The summed E-state index contributed by atoms with van der Waals surface area (Å²) in [6.07, 6.45) is 1.20. The van der Waals surface area contributed by atoms with Crippen molar-refractivity contribution in [3.8, 4) is 6.07 Å². The standard InChI is InChI=1S/C34H35FN12O2/c1-37-31(49)29(16-22-5-7-23(18-36)8-6-22)42-34-44-32(38-19-30-40-27-10-9-25(35)17-28(27)41-30)43-33(45-34)39-26-4-2-3-24(15-26)20-46-11-13-47(21-48)14-12-46/h2-10,15,17,21,29H,11-14,16,19-20H2,1H3,(H,37,49)(H,40,41)(H3,38,39,42,43,44,45). The third kappa shape index (κ3) is 8.62. The number of anilines is 4. The molecule has 0 bridgehead atoms. The maximum atomic E-state index is 13.7. The van der Waals surface area contributed by atoms with E-state index in [9.17, 15) is 14.0 Å². The predicted molar refractivity (Wildman–Crippen MR) is 182 cm³/mol. The minimum absolute atomic E-state index is 0.151. The van der Waals surface area contributed by atoms with E-state index in [0.717, 1.165) is 42.9 Å². The number of rotatable bonds is 13. The highest BCUT2D eigenvalue weighted by atomic mass is 19.1. The Balaban J connectivity index is 1.23. The number of halogens is 1. The summed E-state index contributed by atoms with van der Waals surface area (Å²) in [5.74, 6) is 0.500. The van der Waals surface area contributed by atoms with Gasteiger partial charge in [0.15, 0.2) is 0 Å². The summed E-state index contributed by atoms with van der Waals surface area (Å²) in [5, 5.41) is 21.4. The molecule has 0 radical (unpaired) electrons. The number of aromatic amines is 1. The minimum atomic E-state index is -0.741. The molecule has 3 heterocycles. The Bertz CT molecular complexity index is 1970. The number of benzene rings is 3. The molecule has 3 aromatic carbocycles. The molecule has 5 N–H and O–H groups in total. The first-order chi connectivity index (χ1) is 23.9. The first-order valence-electron chi connectivity index (χ1n) is 15.8. The fourth-order valence-corrected chi connectivity index (χ4v) is 5.51. The van der Waals surface area contributed by atoms with Crippen LogP contribution in [0, 0.1) is 17.1 Å². The molecule has 6 rings (SSSR count). The van der Waals surface area contributed by atoms with Crippen molar-refractivity contribution < 1.29 is 14.0 Å². The molecule has 250 valence electrons. The summed E-state index contributed by atoms with van der Waals surface area (Å²) < 4.78 is 13.7. The van der Waals surface area contributed by atoms with E-state index in [1.807, 2.05) is 24.3 Å². The molecular weight excluding hydrogens is 627 g/mol. The molecule has 0 saturated carbocycles. The molecular formula is C34H35FN12O2. The van der Waals surface area contributed by atoms with Gasteiger partial charge in [0.05, 0.1) is 29.2 Å². The van der Waals surface area contributed by atoms with Crippen molar-refractivity contribution in [3.05, 3.63) is 95.1 Å². The van der Waals surface area contributed by atoms with Crippen molar-refractivity contribution in [3.63, 3.8) is 0 Å². The summed E-state index contributed by atoms with van der Waals surface area (Å²) >= 11 is 0. The Morgan fingerprint density at radius 1 is 0.980 bits per heavy atom. The van der Waals surface area contributed by atoms with Crippen LogP contribution in [0.1, 0.15) is 22.5 Å². The van der Waals surface area contributed by atoms with Crippen LogP contribution in [0.4, 0.5) is 27.9 Å². The van der Waals surface area contributed by atoms with E-state index >= 15 is 0 Å². The average Bonchev–Trinajstić information content (AvgIpc) is 3.53. The summed E-state index contributed by atoms with van der Waals surface area (Å²) in [6.45, 7) is 3.92. The van der Waals surface area contributed by atoms with Crippen LogP contribution < -0.4 is 21.3 Å². The van der Waals surface area contributed by atoms with Crippen LogP contribution in [0.15, 0.2) is 66.7 Å². The maximum absolute atomic E-state index is 13.7. The van der Waals surface area contributed by atoms with Gasteiger partial charge in [-0.2, -0.15) is 20.2 Å². The first kappa shape index (κ1) is 32.8. The number of aromatic nitrogens is 5. The SMILES string of the molecule is CNC(=O)C(Cc1ccc(C#N)cc1)Nc1nc(NCc2nc3cc(F)ccc3[nH]2)nc(Nc2cccc(CN3CCN(C=O)CC3)c2)n1. The predicted octanol–water partition coefficient (Wildman–Crippen LogP) is 3.16. The summed E-state index contributed by atoms with van der Waals surface area (Å²) in [6, 6.07) is 20.6. The number of carbonyl (C=O) groups excluding carboxylic acids is 2. The monoisotopic (exact) mass is 662 g/mol. The van der Waals surface area contributed by atoms with Gasteiger partial charge in [0.1, 0.15) is 17.7 Å². The normalized spacial score (nSPS) is 13.8. The fourth-order valence-electron chi connectivity index (χ4n) is 5.51. The van der Waals surface area contributed by atoms with E-state index in [1.165, 1.54) is 12.1 Å². The molecule has 1 fully saturated rings. The highest BCUT2D eigenvalue weighted by molar-refractivity contribution is 5.84. The van der Waals surface area contributed by atoms with Crippen LogP contribution in [0.3, 0.4) is 0 Å². The van der Waals surface area contributed by atoms with Gasteiger partial charge in [-0.25, -0.2) is 9.37 Å². The van der Waals surface area contributed by atoms with Crippen LogP contribution in [0.25, 0.3) is 11.0 Å². The van der Waals surface area contributed by atoms with Gasteiger partial charge in [-0.1, -0.05) is 24.3 Å². The topological polar surface area (TPSA) is 180 Å². The molecule has 1 aliphatic heterocycles. The zero-order chi connectivity index (χ0) is 34.2. The number of hydrogen-bond donors (Lipinski definition) is 5. The second kappa shape index (κ2) is 15.2. The molecule has 0 aliphatic carbocycles. The van der Waals surface area contributed by atoms with Gasteiger partial charge in [-0.05, 0) is 47.5 Å². The number of fused-ring (bicyclic) bond motifs is 1. The van der Waals surface area contributed by atoms with Gasteiger partial charge in [0.2, 0.25) is 30.2 Å². The third-order valence-corrected chi connectivity index (χ3v) is 8.08. The number of hydrogen-bond acceptors (Lipinski definition) is 11. The number of nitriles is 1. The minimum Gasteiger partial charge on any atom is -0.357 e. The molecule has 2 amide bonds. The number of amides is 2. The Morgan fingerprint density at radius 2 is 1.76 bits per heavy atom. The van der Waals surface area contributed by atoms with Crippen molar-refractivity contribution in [2.75, 3.05) is 49.2 Å². The Kier molecular flexibility index (Phi) is 10.2. The molecule has 5 aromatic rings. The second-order valence-corrected chi connectivity index (χ2v) is 11.6. The van der Waals surface area contributed by atoms with E-state index in [0.29, 0.717) is 41.9 Å². The smallest absolute Gasteiger partial charge is 0.242 e. The summed E-state index contributed by atoms with van der Waals surface area (Å²) in [7, 11) is 1.55. The number of H-pyrrole nitrogens is 1. The Labute approximate surface area is 281 Å². The highest BCUT2D eigenvalue weighted by Gasteiger charge is 2.21. The van der Waals surface area contributed by atoms with Crippen molar-refractivity contribution in [2.45, 2.75) is 25.6 Å². The number of nitrogens with zero attached hydrogens (tertiary/aromatic N) is 7. The summed E-state index contributed by atoms with van der Waals surface area (Å²) in [4.78, 5) is 49.5. The number of likely N-dealkylation sites (N-methyl/N-ethyl adjacent to an activating group) is 1. The van der Waals surface area contributed by atoms with Crippen LogP contribution in [-0.4, -0.2) is 86.3 Å². The maximum Gasteiger partial charge on any atom is 0.242 e. The van der Waals surface area contributed by atoms with E-state index in [4.69, 9.17) is 5.26 Å². The second-order valence-electron chi connectivity index (χ2n) is 11.6. The first-order valence-corrected chi connectivity index (χ1v) is 15.8. The van der Waals surface area contributed by atoms with Crippen molar-refractivity contribution in [1.29, 1.82) is 5.26 Å². The largest absolute Gasteiger partial charge is 0.357 e. The molecule has 49 heavy (non-hydrogen) atoms. The zero-order valence-corrected chi connectivity index (χ0v) is 26.8. The van der Waals surface area contributed by atoms with Crippen LogP contribution in [-0.2, 0) is 29.1 Å². The molecule has 0 spiro atoms. The zero-order valence-electron chi connectivity index (χ0n) is 26.8. The molecule has 15 heteroatoms.